The van der Waals surface area contributed by atoms with E-state index in [9.17, 15) is 5.11 Å². The summed E-state index contributed by atoms with van der Waals surface area (Å²) in [5, 5.41) is 13.5. The van der Waals surface area contributed by atoms with Gasteiger partial charge in [0, 0.05) is 12.5 Å². The predicted molar refractivity (Wildman–Crippen MR) is 86.8 cm³/mol. The molecule has 0 saturated heterocycles. The molecule has 0 saturated carbocycles. The molecule has 21 heavy (non-hydrogen) atoms. The Hall–Kier alpha value is -2.08. The highest BCUT2D eigenvalue weighted by molar-refractivity contribution is 5.31. The molecular formula is C19H21NO. The molecular weight excluding hydrogens is 258 g/mol. The molecule has 0 bridgehead atoms. The molecule has 2 rings (SSSR count). The van der Waals surface area contributed by atoms with Crippen LogP contribution in [-0.4, -0.2) is 17.3 Å². The largest absolute Gasteiger partial charge is 0.391 e. The number of aliphatic hydroxyl groups is 1. The van der Waals surface area contributed by atoms with Crippen molar-refractivity contribution in [2.24, 2.45) is 0 Å². The van der Waals surface area contributed by atoms with Crippen molar-refractivity contribution < 1.29 is 5.11 Å². The molecule has 2 nitrogen and oxygen atoms in total. The summed E-state index contributed by atoms with van der Waals surface area (Å²) in [5.41, 5.74) is 2.34. The summed E-state index contributed by atoms with van der Waals surface area (Å²) < 4.78 is 0. The van der Waals surface area contributed by atoms with Gasteiger partial charge < -0.3 is 10.4 Å². The first-order valence-electron chi connectivity index (χ1n) is 7.20. The number of terminal acetylenes is 1. The van der Waals surface area contributed by atoms with Gasteiger partial charge in [0.15, 0.2) is 0 Å². The molecule has 0 amide bonds. The van der Waals surface area contributed by atoms with E-state index in [0.717, 1.165) is 0 Å². The Labute approximate surface area is 126 Å². The van der Waals surface area contributed by atoms with E-state index >= 15 is 0 Å². The summed E-state index contributed by atoms with van der Waals surface area (Å²) in [5.74, 6) is 2.51. The van der Waals surface area contributed by atoms with Crippen molar-refractivity contribution in [1.29, 1.82) is 0 Å². The summed E-state index contributed by atoms with van der Waals surface area (Å²) in [6.07, 6.45) is 5.08. The number of hydrogen-bond acceptors (Lipinski definition) is 2. The topological polar surface area (TPSA) is 32.3 Å². The Morgan fingerprint density at radius 3 is 1.90 bits per heavy atom. The summed E-state index contributed by atoms with van der Waals surface area (Å²) in [6.45, 7) is 1.96. The Bertz CT molecular complexity index is 534. The molecule has 0 aromatic heterocycles. The summed E-state index contributed by atoms with van der Waals surface area (Å²) in [7, 11) is 0. The van der Waals surface area contributed by atoms with E-state index in [1.807, 2.05) is 43.3 Å². The van der Waals surface area contributed by atoms with Crippen molar-refractivity contribution in [1.82, 2.24) is 5.32 Å². The van der Waals surface area contributed by atoms with Crippen LogP contribution < -0.4 is 5.32 Å². The SMILES string of the molecule is C#CC[C@H](O)[C@H](C)NC(c1ccccc1)c1ccccc1. The van der Waals surface area contributed by atoms with Gasteiger partial charge in [-0.15, -0.1) is 12.3 Å². The molecule has 2 atom stereocenters. The molecule has 0 unspecified atom stereocenters. The third kappa shape index (κ3) is 4.19. The van der Waals surface area contributed by atoms with Gasteiger partial charge in [-0.1, -0.05) is 60.7 Å². The van der Waals surface area contributed by atoms with E-state index in [2.05, 4.69) is 35.5 Å². The number of aliphatic hydroxyl groups excluding tert-OH is 1. The lowest BCUT2D eigenvalue weighted by molar-refractivity contribution is 0.135. The lowest BCUT2D eigenvalue weighted by Crippen LogP contribution is -2.39. The lowest BCUT2D eigenvalue weighted by atomic mass is 9.97. The molecule has 0 heterocycles. The van der Waals surface area contributed by atoms with Gasteiger partial charge in [0.05, 0.1) is 12.1 Å². The molecule has 108 valence electrons. The standard InChI is InChI=1S/C19H21NO/c1-3-10-18(21)15(2)20-19(16-11-6-4-7-12-16)17-13-8-5-9-14-17/h1,4-9,11-15,18-21H,10H2,2H3/t15-,18-/m0/s1. The highest BCUT2D eigenvalue weighted by Gasteiger charge is 2.20. The van der Waals surface area contributed by atoms with Gasteiger partial charge in [0.2, 0.25) is 0 Å². The van der Waals surface area contributed by atoms with Crippen molar-refractivity contribution in [3.8, 4) is 12.3 Å². The first kappa shape index (κ1) is 15.3. The smallest absolute Gasteiger partial charge is 0.0799 e. The van der Waals surface area contributed by atoms with E-state index in [1.165, 1.54) is 11.1 Å². The minimum Gasteiger partial charge on any atom is -0.391 e. The number of benzene rings is 2. The molecule has 2 aromatic rings. The third-order valence-corrected chi connectivity index (χ3v) is 3.60. The Morgan fingerprint density at radius 2 is 1.48 bits per heavy atom. The van der Waals surface area contributed by atoms with Crippen molar-refractivity contribution in [2.75, 3.05) is 0 Å². The Kier molecular flexibility index (Phi) is 5.57. The van der Waals surface area contributed by atoms with Gasteiger partial charge in [0.25, 0.3) is 0 Å². The highest BCUT2D eigenvalue weighted by Crippen LogP contribution is 2.22. The predicted octanol–water partition coefficient (Wildman–Crippen LogP) is 3.14. The van der Waals surface area contributed by atoms with Gasteiger partial charge in [-0.2, -0.15) is 0 Å². The van der Waals surface area contributed by atoms with Crippen LogP contribution in [0.5, 0.6) is 0 Å². The summed E-state index contributed by atoms with van der Waals surface area (Å²) in [4.78, 5) is 0. The Balaban J connectivity index is 2.24. The molecule has 0 aliphatic rings. The lowest BCUT2D eigenvalue weighted by Gasteiger charge is -2.26. The van der Waals surface area contributed by atoms with Gasteiger partial charge in [-0.3, -0.25) is 0 Å². The second kappa shape index (κ2) is 7.64. The molecule has 0 aliphatic carbocycles. The van der Waals surface area contributed by atoms with Crippen LogP contribution in [0, 0.1) is 12.3 Å². The molecule has 0 radical (unpaired) electrons. The molecule has 0 spiro atoms. The highest BCUT2D eigenvalue weighted by atomic mass is 16.3. The first-order chi connectivity index (χ1) is 10.2. The summed E-state index contributed by atoms with van der Waals surface area (Å²) >= 11 is 0. The van der Waals surface area contributed by atoms with Gasteiger partial charge in [0.1, 0.15) is 0 Å². The van der Waals surface area contributed by atoms with Crippen molar-refractivity contribution in [3.63, 3.8) is 0 Å². The van der Waals surface area contributed by atoms with Gasteiger partial charge in [-0.05, 0) is 18.1 Å². The van der Waals surface area contributed by atoms with E-state index < -0.39 is 6.10 Å². The zero-order chi connectivity index (χ0) is 15.1. The van der Waals surface area contributed by atoms with Crippen LogP contribution in [0.15, 0.2) is 60.7 Å². The Morgan fingerprint density at radius 1 is 1.00 bits per heavy atom. The van der Waals surface area contributed by atoms with Crippen LogP contribution in [0.2, 0.25) is 0 Å². The van der Waals surface area contributed by atoms with E-state index in [1.54, 1.807) is 0 Å². The quantitative estimate of drug-likeness (QED) is 0.796. The average molecular weight is 279 g/mol. The minimum absolute atomic E-state index is 0.0369. The van der Waals surface area contributed by atoms with Gasteiger partial charge in [-0.25, -0.2) is 0 Å². The van der Waals surface area contributed by atoms with Crippen LogP contribution >= 0.6 is 0 Å². The van der Waals surface area contributed by atoms with Crippen LogP contribution in [0.3, 0.4) is 0 Å². The number of rotatable bonds is 6. The number of nitrogens with one attached hydrogen (secondary N) is 1. The van der Waals surface area contributed by atoms with Gasteiger partial charge >= 0.3 is 0 Å². The van der Waals surface area contributed by atoms with Crippen LogP contribution in [-0.2, 0) is 0 Å². The van der Waals surface area contributed by atoms with Crippen LogP contribution in [0.1, 0.15) is 30.5 Å². The second-order valence-electron chi connectivity index (χ2n) is 5.19. The average Bonchev–Trinajstić information content (AvgIpc) is 2.54. The first-order valence-corrected chi connectivity index (χ1v) is 7.20. The molecule has 0 fully saturated rings. The fourth-order valence-corrected chi connectivity index (χ4v) is 2.35. The zero-order valence-electron chi connectivity index (χ0n) is 12.2. The van der Waals surface area contributed by atoms with E-state index in [0.29, 0.717) is 6.42 Å². The maximum Gasteiger partial charge on any atom is 0.0799 e. The van der Waals surface area contributed by atoms with Crippen molar-refractivity contribution in [2.45, 2.75) is 31.5 Å². The minimum atomic E-state index is -0.551. The fourth-order valence-electron chi connectivity index (χ4n) is 2.35. The fraction of sp³-hybridized carbons (Fsp3) is 0.263. The monoisotopic (exact) mass is 279 g/mol. The van der Waals surface area contributed by atoms with Crippen molar-refractivity contribution in [3.05, 3.63) is 71.8 Å². The zero-order valence-corrected chi connectivity index (χ0v) is 12.2. The molecule has 0 aliphatic heterocycles. The van der Waals surface area contributed by atoms with Crippen molar-refractivity contribution >= 4 is 0 Å². The van der Waals surface area contributed by atoms with E-state index in [4.69, 9.17) is 6.42 Å². The molecule has 2 aromatic carbocycles. The maximum absolute atomic E-state index is 10.1. The molecule has 2 N–H and O–H groups in total. The number of hydrogen-bond donors (Lipinski definition) is 2. The van der Waals surface area contributed by atoms with Crippen LogP contribution in [0.4, 0.5) is 0 Å². The third-order valence-electron chi connectivity index (χ3n) is 3.60. The maximum atomic E-state index is 10.1. The second-order valence-corrected chi connectivity index (χ2v) is 5.19. The normalized spacial score (nSPS) is 13.6. The van der Waals surface area contributed by atoms with E-state index in [-0.39, 0.29) is 12.1 Å². The molecule has 2 heteroatoms. The van der Waals surface area contributed by atoms with Crippen LogP contribution in [0.25, 0.3) is 0 Å². The summed E-state index contributed by atoms with van der Waals surface area (Å²) in [6, 6.07) is 20.4.